The summed E-state index contributed by atoms with van der Waals surface area (Å²) in [5, 5.41) is 6.31. The number of aromatic nitrogens is 1. The first kappa shape index (κ1) is 29.2. The van der Waals surface area contributed by atoms with Gasteiger partial charge in [0.25, 0.3) is 0 Å². The molecule has 212 valence electrons. The van der Waals surface area contributed by atoms with Crippen LogP contribution in [0.3, 0.4) is 0 Å². The molecule has 1 aromatic heterocycles. The van der Waals surface area contributed by atoms with Gasteiger partial charge in [0.1, 0.15) is 17.7 Å². The van der Waals surface area contributed by atoms with Gasteiger partial charge >= 0.3 is 0 Å². The number of aliphatic imine (C=N–C) groups is 3. The fourth-order valence-electron chi connectivity index (χ4n) is 5.51. The molecule has 1 fully saturated rings. The van der Waals surface area contributed by atoms with Crippen LogP contribution in [0.5, 0.6) is 0 Å². The highest BCUT2D eigenvalue weighted by atomic mass is 15.2. The quantitative estimate of drug-likeness (QED) is 0.316. The van der Waals surface area contributed by atoms with Crippen molar-refractivity contribution in [3.63, 3.8) is 0 Å². The van der Waals surface area contributed by atoms with Crippen LogP contribution in [0.4, 0.5) is 5.82 Å². The van der Waals surface area contributed by atoms with Crippen LogP contribution in [0.1, 0.15) is 52.0 Å². The first-order chi connectivity index (χ1) is 19.3. The molecule has 0 bridgehead atoms. The van der Waals surface area contributed by atoms with Gasteiger partial charge in [0.05, 0.1) is 0 Å². The SMILES string of the molecule is C=CNC(=C)/C=C\CNc1cc(C2=NC3C=CN=CC/C(C4CC4)=C\3C(N(C)C(CC)C(C)(C)CN)=N2)ccn1. The summed E-state index contributed by atoms with van der Waals surface area (Å²) in [5.41, 5.74) is 10.5. The molecule has 4 rings (SSSR count). The van der Waals surface area contributed by atoms with E-state index >= 15 is 0 Å². The maximum atomic E-state index is 6.27. The van der Waals surface area contributed by atoms with Crippen LogP contribution < -0.4 is 16.4 Å². The smallest absolute Gasteiger partial charge is 0.158 e. The van der Waals surface area contributed by atoms with Crippen molar-refractivity contribution in [1.82, 2.24) is 15.2 Å². The maximum Gasteiger partial charge on any atom is 0.158 e. The molecule has 2 atom stereocenters. The van der Waals surface area contributed by atoms with E-state index < -0.39 is 0 Å². The van der Waals surface area contributed by atoms with Gasteiger partial charge in [0, 0.05) is 61.5 Å². The van der Waals surface area contributed by atoms with Gasteiger partial charge in [-0.15, -0.1) is 0 Å². The lowest BCUT2D eigenvalue weighted by atomic mass is 9.81. The first-order valence-electron chi connectivity index (χ1n) is 14.2. The van der Waals surface area contributed by atoms with E-state index in [-0.39, 0.29) is 17.5 Å². The minimum absolute atomic E-state index is 0.0801. The molecule has 3 heterocycles. The Kier molecular flexibility index (Phi) is 9.53. The van der Waals surface area contributed by atoms with E-state index in [1.807, 2.05) is 36.7 Å². The number of pyridine rings is 1. The molecule has 40 heavy (non-hydrogen) atoms. The zero-order chi connectivity index (χ0) is 28.7. The van der Waals surface area contributed by atoms with E-state index in [9.17, 15) is 0 Å². The zero-order valence-corrected chi connectivity index (χ0v) is 24.4. The molecule has 1 aliphatic carbocycles. The van der Waals surface area contributed by atoms with Gasteiger partial charge in [-0.1, -0.05) is 45.6 Å². The number of anilines is 1. The topological polar surface area (TPSA) is 103 Å². The molecule has 2 unspecified atom stereocenters. The van der Waals surface area contributed by atoms with E-state index in [0.29, 0.717) is 24.8 Å². The zero-order valence-electron chi connectivity index (χ0n) is 24.4. The number of nitrogens with zero attached hydrogens (tertiary/aromatic N) is 5. The first-order valence-corrected chi connectivity index (χ1v) is 14.2. The van der Waals surface area contributed by atoms with Crippen molar-refractivity contribution >= 4 is 23.7 Å². The molecular weight excluding hydrogens is 496 g/mol. The predicted octanol–water partition coefficient (Wildman–Crippen LogP) is 5.21. The number of amidine groups is 2. The number of likely N-dealkylation sites (N-methyl/N-ethyl adjacent to an activating group) is 1. The third-order valence-corrected chi connectivity index (χ3v) is 7.84. The summed E-state index contributed by atoms with van der Waals surface area (Å²) >= 11 is 0. The van der Waals surface area contributed by atoms with Gasteiger partial charge in [-0.25, -0.2) is 9.98 Å². The van der Waals surface area contributed by atoms with E-state index in [0.717, 1.165) is 35.8 Å². The maximum absolute atomic E-state index is 6.27. The summed E-state index contributed by atoms with van der Waals surface area (Å²) < 4.78 is 0. The fraction of sp³-hybridized carbons (Fsp3) is 0.438. The molecule has 3 aliphatic rings. The Hall–Kier alpha value is -3.78. The van der Waals surface area contributed by atoms with Gasteiger partial charge < -0.3 is 21.3 Å². The summed E-state index contributed by atoms with van der Waals surface area (Å²) in [6.07, 6.45) is 17.5. The molecule has 0 spiro atoms. The molecule has 4 N–H and O–H groups in total. The number of fused-ring (bicyclic) bond motifs is 1. The van der Waals surface area contributed by atoms with E-state index in [1.165, 1.54) is 24.0 Å². The van der Waals surface area contributed by atoms with E-state index in [1.54, 1.807) is 12.4 Å². The monoisotopic (exact) mass is 540 g/mol. The average molecular weight is 541 g/mol. The number of hydrogen-bond donors (Lipinski definition) is 3. The summed E-state index contributed by atoms with van der Waals surface area (Å²) in [4.78, 5) is 21.8. The van der Waals surface area contributed by atoms with Crippen molar-refractivity contribution in [3.8, 4) is 0 Å². The number of nitrogens with two attached hydrogens (primary N) is 1. The van der Waals surface area contributed by atoms with Gasteiger partial charge in [0.15, 0.2) is 5.84 Å². The van der Waals surface area contributed by atoms with Crippen molar-refractivity contribution in [3.05, 3.63) is 84.5 Å². The average Bonchev–Trinajstić information content (AvgIpc) is 3.77. The second-order valence-corrected chi connectivity index (χ2v) is 11.2. The van der Waals surface area contributed by atoms with Crippen molar-refractivity contribution in [2.24, 2.45) is 32.0 Å². The molecule has 8 heteroatoms. The van der Waals surface area contributed by atoms with Gasteiger partial charge in [0.2, 0.25) is 0 Å². The lowest BCUT2D eigenvalue weighted by molar-refractivity contribution is 0.172. The second-order valence-electron chi connectivity index (χ2n) is 11.2. The second kappa shape index (κ2) is 13.0. The van der Waals surface area contributed by atoms with Crippen LogP contribution in [0.25, 0.3) is 0 Å². The number of rotatable bonds is 12. The van der Waals surface area contributed by atoms with Crippen LogP contribution in [-0.4, -0.2) is 60.0 Å². The molecule has 8 nitrogen and oxygen atoms in total. The minimum Gasteiger partial charge on any atom is -0.367 e. The Morgan fingerprint density at radius 2 is 2.12 bits per heavy atom. The minimum atomic E-state index is -0.146. The van der Waals surface area contributed by atoms with Crippen molar-refractivity contribution in [2.75, 3.05) is 25.5 Å². The van der Waals surface area contributed by atoms with Gasteiger partial charge in [-0.05, 0) is 67.6 Å². The normalized spacial score (nSPS) is 21.6. The molecule has 1 aromatic rings. The van der Waals surface area contributed by atoms with E-state index in [2.05, 4.69) is 72.6 Å². The molecule has 2 aliphatic heterocycles. The van der Waals surface area contributed by atoms with Crippen LogP contribution in [-0.2, 0) is 0 Å². The molecule has 0 aromatic carbocycles. The van der Waals surface area contributed by atoms with Crippen LogP contribution in [0.2, 0.25) is 0 Å². The Bertz CT molecular complexity index is 1280. The van der Waals surface area contributed by atoms with Crippen molar-refractivity contribution in [2.45, 2.75) is 58.5 Å². The largest absolute Gasteiger partial charge is 0.367 e. The molecule has 0 amide bonds. The highest BCUT2D eigenvalue weighted by Crippen LogP contribution is 2.43. The highest BCUT2D eigenvalue weighted by molar-refractivity contribution is 6.15. The summed E-state index contributed by atoms with van der Waals surface area (Å²) in [5.74, 6) is 3.03. The van der Waals surface area contributed by atoms with Gasteiger partial charge in [-0.3, -0.25) is 9.98 Å². The standard InChI is InChI=1S/C32H44N8/c1-7-27(32(4,5)21-33)40(6)31-29-25(23-11-12-23)14-17-34-18-15-26(29)38-30(39-31)24-13-19-37-28(20-24)36-16-9-10-22(3)35-8-2/h8-10,13,15,17-20,23,26-27,35H,2-3,7,11-12,14,16,21,33H2,1,4-6H3,(H,36,37)/b10-9-,18-15?,29-25-,34-17?. The van der Waals surface area contributed by atoms with Crippen LogP contribution in [0.15, 0.2) is 93.9 Å². The van der Waals surface area contributed by atoms with Crippen LogP contribution >= 0.6 is 0 Å². The van der Waals surface area contributed by atoms with Gasteiger partial charge in [-0.2, -0.15) is 0 Å². The fourth-order valence-corrected chi connectivity index (χ4v) is 5.51. The van der Waals surface area contributed by atoms with Crippen molar-refractivity contribution in [1.29, 1.82) is 0 Å². The molecule has 0 radical (unpaired) electrons. The number of allylic oxidation sites excluding steroid dienone is 2. The summed E-state index contributed by atoms with van der Waals surface area (Å²) in [6, 6.07) is 4.05. The summed E-state index contributed by atoms with van der Waals surface area (Å²) in [6.45, 7) is 15.5. The lowest BCUT2D eigenvalue weighted by Gasteiger charge is -2.43. The number of hydrogen-bond acceptors (Lipinski definition) is 8. The molecule has 1 saturated carbocycles. The lowest BCUT2D eigenvalue weighted by Crippen LogP contribution is -2.51. The molecule has 0 saturated heterocycles. The highest BCUT2D eigenvalue weighted by Gasteiger charge is 2.39. The molecular formula is C32H44N8. The number of nitrogens with one attached hydrogen (secondary N) is 2. The predicted molar refractivity (Wildman–Crippen MR) is 169 cm³/mol. The Balaban J connectivity index is 1.72. The summed E-state index contributed by atoms with van der Waals surface area (Å²) in [7, 11) is 2.17. The van der Waals surface area contributed by atoms with Crippen molar-refractivity contribution < 1.29 is 0 Å². The van der Waals surface area contributed by atoms with Crippen LogP contribution in [0, 0.1) is 11.3 Å². The third kappa shape index (κ3) is 6.86. The third-order valence-electron chi connectivity index (χ3n) is 7.84. The Morgan fingerprint density at radius 3 is 2.83 bits per heavy atom. The van der Waals surface area contributed by atoms with E-state index in [4.69, 9.17) is 15.7 Å². The Morgan fingerprint density at radius 1 is 1.32 bits per heavy atom. The Labute approximate surface area is 239 Å².